The Morgan fingerprint density at radius 3 is 2.20 bits per heavy atom. The van der Waals surface area contributed by atoms with E-state index in [1.54, 1.807) is 18.2 Å². The number of anilines is 1. The van der Waals surface area contributed by atoms with Crippen LogP contribution >= 0.6 is 0 Å². The van der Waals surface area contributed by atoms with Gasteiger partial charge in [0, 0.05) is 5.56 Å². The van der Waals surface area contributed by atoms with Gasteiger partial charge < -0.3 is 14.0 Å². The SMILES string of the molecule is CCOc1cc(B2OC(C)(C)C(C)(C)O2)cc(NS(=O)(=O)Cc2ccccc2)c1C. The van der Waals surface area contributed by atoms with Gasteiger partial charge in [0.15, 0.2) is 0 Å². The Morgan fingerprint density at radius 1 is 1.03 bits per heavy atom. The van der Waals surface area contributed by atoms with E-state index in [9.17, 15) is 8.42 Å². The molecule has 0 bridgehead atoms. The maximum Gasteiger partial charge on any atom is 0.495 e. The van der Waals surface area contributed by atoms with Crippen molar-refractivity contribution in [3.05, 3.63) is 53.6 Å². The van der Waals surface area contributed by atoms with Gasteiger partial charge in [0.2, 0.25) is 10.0 Å². The van der Waals surface area contributed by atoms with Crippen molar-refractivity contribution in [1.82, 2.24) is 0 Å². The molecular weight excluding hydrogens is 401 g/mol. The van der Waals surface area contributed by atoms with E-state index in [4.69, 9.17) is 14.0 Å². The maximum atomic E-state index is 12.8. The van der Waals surface area contributed by atoms with Crippen molar-refractivity contribution < 1.29 is 22.5 Å². The second-order valence-electron chi connectivity index (χ2n) is 8.56. The largest absolute Gasteiger partial charge is 0.495 e. The van der Waals surface area contributed by atoms with Crippen molar-refractivity contribution in [3.8, 4) is 5.75 Å². The first-order valence-electron chi connectivity index (χ1n) is 10.1. The van der Waals surface area contributed by atoms with Crippen molar-refractivity contribution in [3.63, 3.8) is 0 Å². The van der Waals surface area contributed by atoms with Gasteiger partial charge in [-0.25, -0.2) is 8.42 Å². The lowest BCUT2D eigenvalue weighted by Gasteiger charge is -2.32. The predicted molar refractivity (Wildman–Crippen MR) is 121 cm³/mol. The normalized spacial score (nSPS) is 17.7. The fourth-order valence-electron chi connectivity index (χ4n) is 3.23. The van der Waals surface area contributed by atoms with Crippen molar-refractivity contribution in [2.45, 2.75) is 58.5 Å². The smallest absolute Gasteiger partial charge is 0.494 e. The second kappa shape index (κ2) is 8.25. The third kappa shape index (κ3) is 4.82. The molecule has 0 saturated carbocycles. The molecule has 0 aromatic heterocycles. The lowest BCUT2D eigenvalue weighted by molar-refractivity contribution is 0.00578. The molecule has 1 saturated heterocycles. The zero-order chi connectivity index (χ0) is 22.2. The molecule has 2 aromatic carbocycles. The van der Waals surface area contributed by atoms with E-state index < -0.39 is 28.3 Å². The van der Waals surface area contributed by atoms with Crippen LogP contribution in [-0.2, 0) is 25.1 Å². The van der Waals surface area contributed by atoms with E-state index in [0.29, 0.717) is 29.1 Å². The molecule has 30 heavy (non-hydrogen) atoms. The van der Waals surface area contributed by atoms with Crippen LogP contribution in [0.2, 0.25) is 0 Å². The van der Waals surface area contributed by atoms with E-state index in [2.05, 4.69) is 4.72 Å². The van der Waals surface area contributed by atoms with Gasteiger partial charge in [-0.2, -0.15) is 0 Å². The molecule has 1 heterocycles. The van der Waals surface area contributed by atoms with Gasteiger partial charge >= 0.3 is 7.12 Å². The lowest BCUT2D eigenvalue weighted by Crippen LogP contribution is -2.41. The summed E-state index contributed by atoms with van der Waals surface area (Å²) >= 11 is 0. The number of hydrogen-bond acceptors (Lipinski definition) is 5. The summed E-state index contributed by atoms with van der Waals surface area (Å²) in [7, 11) is -4.23. The van der Waals surface area contributed by atoms with Crippen LogP contribution in [0.15, 0.2) is 42.5 Å². The van der Waals surface area contributed by atoms with Gasteiger partial charge in [0.25, 0.3) is 0 Å². The quantitative estimate of drug-likeness (QED) is 0.678. The van der Waals surface area contributed by atoms with Crippen molar-refractivity contribution >= 4 is 28.3 Å². The number of rotatable bonds is 7. The van der Waals surface area contributed by atoms with Gasteiger partial charge in [-0.15, -0.1) is 0 Å². The predicted octanol–water partition coefficient (Wildman–Crippen LogP) is 3.63. The molecule has 0 atom stereocenters. The lowest BCUT2D eigenvalue weighted by atomic mass is 9.78. The molecule has 0 spiro atoms. The number of nitrogens with one attached hydrogen (secondary N) is 1. The van der Waals surface area contributed by atoms with Gasteiger partial charge in [-0.05, 0) is 64.7 Å². The summed E-state index contributed by atoms with van der Waals surface area (Å²) in [6, 6.07) is 12.7. The first-order chi connectivity index (χ1) is 13.9. The summed E-state index contributed by atoms with van der Waals surface area (Å²) in [5.74, 6) is 0.486. The monoisotopic (exact) mass is 431 g/mol. The Morgan fingerprint density at radius 2 is 1.63 bits per heavy atom. The summed E-state index contributed by atoms with van der Waals surface area (Å²) < 4.78 is 46.4. The standard InChI is InChI=1S/C22H30BNO5S/c1-7-27-20-14-18(23-28-21(3,4)22(5,6)29-23)13-19(16(20)2)24-30(25,26)15-17-11-9-8-10-12-17/h8-14,24H,7,15H2,1-6H3. The molecule has 0 unspecified atom stereocenters. The highest BCUT2D eigenvalue weighted by Crippen LogP contribution is 2.37. The minimum Gasteiger partial charge on any atom is -0.494 e. The number of ether oxygens (including phenoxy) is 1. The zero-order valence-corrected chi connectivity index (χ0v) is 19.3. The molecule has 2 aromatic rings. The number of sulfonamides is 1. The Balaban J connectivity index is 1.94. The first kappa shape index (κ1) is 22.7. The van der Waals surface area contributed by atoms with E-state index in [1.807, 2.05) is 65.8 Å². The van der Waals surface area contributed by atoms with Crippen LogP contribution in [0.5, 0.6) is 5.75 Å². The average molecular weight is 431 g/mol. The Bertz CT molecular complexity index is 990. The van der Waals surface area contributed by atoms with Crippen LogP contribution in [-0.4, -0.2) is 33.3 Å². The number of benzene rings is 2. The molecule has 8 heteroatoms. The van der Waals surface area contributed by atoms with Crippen LogP contribution < -0.4 is 14.9 Å². The van der Waals surface area contributed by atoms with Crippen molar-refractivity contribution in [2.75, 3.05) is 11.3 Å². The van der Waals surface area contributed by atoms with Crippen LogP contribution in [0.1, 0.15) is 45.7 Å². The molecule has 162 valence electrons. The summed E-state index contributed by atoms with van der Waals surface area (Å²) in [5.41, 5.74) is 1.60. The Kier molecular flexibility index (Phi) is 6.23. The minimum absolute atomic E-state index is 0.113. The molecule has 0 radical (unpaired) electrons. The Hall–Kier alpha value is -2.03. The molecule has 1 aliphatic rings. The highest BCUT2D eigenvalue weighted by Gasteiger charge is 2.52. The molecule has 0 aliphatic carbocycles. The fraction of sp³-hybridized carbons (Fsp3) is 0.455. The summed E-state index contributed by atoms with van der Waals surface area (Å²) in [6.07, 6.45) is 0. The highest BCUT2D eigenvalue weighted by molar-refractivity contribution is 7.91. The van der Waals surface area contributed by atoms with Crippen molar-refractivity contribution in [2.24, 2.45) is 0 Å². The molecular formula is C22H30BNO5S. The van der Waals surface area contributed by atoms with Gasteiger partial charge in [0.1, 0.15) is 5.75 Å². The number of hydrogen-bond donors (Lipinski definition) is 1. The molecule has 6 nitrogen and oxygen atoms in total. The topological polar surface area (TPSA) is 73.9 Å². The van der Waals surface area contributed by atoms with Crippen LogP contribution in [0.3, 0.4) is 0 Å². The summed E-state index contributed by atoms with van der Waals surface area (Å²) in [6.45, 7) is 12.1. The van der Waals surface area contributed by atoms with Crippen molar-refractivity contribution in [1.29, 1.82) is 0 Å². The van der Waals surface area contributed by atoms with Crippen LogP contribution in [0.25, 0.3) is 0 Å². The van der Waals surface area contributed by atoms with E-state index in [-0.39, 0.29) is 5.75 Å². The van der Waals surface area contributed by atoms with E-state index in [0.717, 1.165) is 5.56 Å². The summed E-state index contributed by atoms with van der Waals surface area (Å²) in [5, 5.41) is 0. The maximum absolute atomic E-state index is 12.8. The van der Waals surface area contributed by atoms with Crippen LogP contribution in [0.4, 0.5) is 5.69 Å². The van der Waals surface area contributed by atoms with Gasteiger partial charge in [-0.3, -0.25) is 4.72 Å². The molecule has 1 aliphatic heterocycles. The molecule has 1 N–H and O–H groups in total. The Labute approximate surface area is 180 Å². The third-order valence-corrected chi connectivity index (χ3v) is 6.92. The minimum atomic E-state index is -3.62. The van der Waals surface area contributed by atoms with Gasteiger partial charge in [-0.1, -0.05) is 30.3 Å². The summed E-state index contributed by atoms with van der Waals surface area (Å²) in [4.78, 5) is 0. The van der Waals surface area contributed by atoms with E-state index >= 15 is 0 Å². The highest BCUT2D eigenvalue weighted by atomic mass is 32.2. The third-order valence-electron chi connectivity index (χ3n) is 5.67. The molecule has 0 amide bonds. The van der Waals surface area contributed by atoms with E-state index in [1.165, 1.54) is 0 Å². The zero-order valence-electron chi connectivity index (χ0n) is 18.5. The second-order valence-corrected chi connectivity index (χ2v) is 10.3. The average Bonchev–Trinajstić information content (AvgIpc) is 2.86. The molecule has 1 fully saturated rings. The van der Waals surface area contributed by atoms with Gasteiger partial charge in [0.05, 0.1) is 29.2 Å². The van der Waals surface area contributed by atoms with Crippen LogP contribution in [0, 0.1) is 6.92 Å². The first-order valence-corrected chi connectivity index (χ1v) is 11.8. The molecule has 3 rings (SSSR count). The fourth-order valence-corrected chi connectivity index (χ4v) is 4.48.